The molecule has 70 valence electrons. The van der Waals surface area contributed by atoms with Crippen molar-refractivity contribution in [3.63, 3.8) is 0 Å². The zero-order chi connectivity index (χ0) is 10.1. The Morgan fingerprint density at radius 2 is 2.15 bits per heavy atom. The van der Waals surface area contributed by atoms with Crippen LogP contribution in [0.3, 0.4) is 0 Å². The molecule has 0 aliphatic carbocycles. The van der Waals surface area contributed by atoms with Gasteiger partial charge in [-0.3, -0.25) is 4.79 Å². The molecule has 4 heteroatoms. The lowest BCUT2D eigenvalue weighted by atomic mass is 10.3. The number of hydrogen-bond acceptors (Lipinski definition) is 3. The molecule has 0 spiro atoms. The maximum atomic E-state index is 10.7. The summed E-state index contributed by atoms with van der Waals surface area (Å²) in [7, 11) is 0. The van der Waals surface area contributed by atoms with Gasteiger partial charge in [0.15, 0.2) is 0 Å². The molecule has 0 aromatic carbocycles. The van der Waals surface area contributed by atoms with Crippen LogP contribution >= 0.6 is 0 Å². The van der Waals surface area contributed by atoms with Crippen molar-refractivity contribution < 1.29 is 14.3 Å². The molecule has 0 aliphatic rings. The summed E-state index contributed by atoms with van der Waals surface area (Å²) in [6.07, 6.45) is 8.09. The third-order valence-corrected chi connectivity index (χ3v) is 1.09. The van der Waals surface area contributed by atoms with Crippen LogP contribution in [0.1, 0.15) is 12.8 Å². The summed E-state index contributed by atoms with van der Waals surface area (Å²) in [6, 6.07) is 0. The van der Waals surface area contributed by atoms with Crippen LogP contribution in [0.4, 0.5) is 0 Å². The van der Waals surface area contributed by atoms with Gasteiger partial charge in [0.05, 0.1) is 6.61 Å². The van der Waals surface area contributed by atoms with Crippen LogP contribution in [-0.4, -0.2) is 18.5 Å². The summed E-state index contributed by atoms with van der Waals surface area (Å²) >= 11 is 0. The van der Waals surface area contributed by atoms with Crippen LogP contribution in [0.2, 0.25) is 0 Å². The van der Waals surface area contributed by atoms with Gasteiger partial charge < -0.3 is 10.5 Å². The van der Waals surface area contributed by atoms with Crippen molar-refractivity contribution >= 4 is 11.9 Å². The summed E-state index contributed by atoms with van der Waals surface area (Å²) in [4.78, 5) is 20.9. The molecule has 0 saturated carbocycles. The Hall–Kier alpha value is -1.76. The smallest absolute Gasteiger partial charge is 0.330 e. The first-order valence-electron chi connectivity index (χ1n) is 3.74. The number of carbonyl (C=O) groups is 2. The number of primary amides is 1. The molecule has 4 nitrogen and oxygen atoms in total. The molecule has 2 N–H and O–H groups in total. The highest BCUT2D eigenvalue weighted by molar-refractivity contribution is 5.93. The van der Waals surface area contributed by atoms with Crippen LogP contribution in [0, 0.1) is 12.3 Å². The minimum absolute atomic E-state index is 0.256. The molecule has 0 unspecified atom stereocenters. The number of rotatable bonds is 5. The highest BCUT2D eigenvalue weighted by Gasteiger charge is 1.96. The largest absolute Gasteiger partial charge is 0.462 e. The summed E-state index contributed by atoms with van der Waals surface area (Å²) in [6.45, 7) is 0.256. The molecule has 0 aromatic heterocycles. The van der Waals surface area contributed by atoms with Crippen molar-refractivity contribution in [1.82, 2.24) is 0 Å². The second-order valence-corrected chi connectivity index (χ2v) is 2.21. The average molecular weight is 181 g/mol. The molecule has 0 saturated heterocycles. The topological polar surface area (TPSA) is 69.4 Å². The fourth-order valence-corrected chi connectivity index (χ4v) is 0.545. The molecule has 0 aromatic rings. The lowest BCUT2D eigenvalue weighted by Crippen LogP contribution is -2.08. The van der Waals surface area contributed by atoms with E-state index in [1.165, 1.54) is 0 Å². The van der Waals surface area contributed by atoms with Crippen molar-refractivity contribution in [1.29, 1.82) is 0 Å². The minimum atomic E-state index is -0.680. The van der Waals surface area contributed by atoms with E-state index < -0.39 is 11.9 Å². The van der Waals surface area contributed by atoms with E-state index in [-0.39, 0.29) is 6.61 Å². The summed E-state index contributed by atoms with van der Waals surface area (Å²) in [5, 5.41) is 0. The number of ether oxygens (including phenoxy) is 1. The number of nitrogens with two attached hydrogens (primary N) is 1. The molecule has 0 atom stereocenters. The van der Waals surface area contributed by atoms with Gasteiger partial charge in [0.1, 0.15) is 0 Å². The van der Waals surface area contributed by atoms with Gasteiger partial charge in [-0.2, -0.15) is 0 Å². The van der Waals surface area contributed by atoms with Gasteiger partial charge in [-0.15, -0.1) is 12.3 Å². The second kappa shape index (κ2) is 6.92. The first-order chi connectivity index (χ1) is 6.16. The zero-order valence-corrected chi connectivity index (χ0v) is 7.16. The number of amides is 1. The number of hydrogen-bond donors (Lipinski definition) is 1. The van der Waals surface area contributed by atoms with E-state index in [1.54, 1.807) is 0 Å². The van der Waals surface area contributed by atoms with E-state index in [9.17, 15) is 9.59 Å². The first kappa shape index (κ1) is 11.2. The standard InChI is InChI=1S/C9H11NO3/c1-2-3-4-7-13-9(12)6-5-8(10)11/h1,5-6H,3-4,7H2,(H2,10,11). The highest BCUT2D eigenvalue weighted by atomic mass is 16.5. The average Bonchev–Trinajstić information content (AvgIpc) is 2.09. The quantitative estimate of drug-likeness (QED) is 0.280. The second-order valence-electron chi connectivity index (χ2n) is 2.21. The fraction of sp³-hybridized carbons (Fsp3) is 0.333. The Kier molecular flexibility index (Phi) is 5.98. The predicted molar refractivity (Wildman–Crippen MR) is 47.4 cm³/mol. The van der Waals surface area contributed by atoms with Crippen LogP contribution in [0.25, 0.3) is 0 Å². The molecule has 1 amide bonds. The van der Waals surface area contributed by atoms with E-state index >= 15 is 0 Å². The van der Waals surface area contributed by atoms with Crippen molar-refractivity contribution in [2.45, 2.75) is 12.8 Å². The molecule has 0 aliphatic heterocycles. The highest BCUT2D eigenvalue weighted by Crippen LogP contribution is 1.89. The first-order valence-corrected chi connectivity index (χ1v) is 3.74. The Morgan fingerprint density at radius 3 is 2.69 bits per heavy atom. The summed E-state index contributed by atoms with van der Waals surface area (Å²) in [5.74, 6) is 1.14. The maximum Gasteiger partial charge on any atom is 0.330 e. The van der Waals surface area contributed by atoms with Crippen molar-refractivity contribution in [2.24, 2.45) is 5.73 Å². The van der Waals surface area contributed by atoms with E-state index in [2.05, 4.69) is 10.7 Å². The van der Waals surface area contributed by atoms with Crippen LogP contribution in [0.15, 0.2) is 12.2 Å². The lowest BCUT2D eigenvalue weighted by molar-refractivity contribution is -0.138. The fourth-order valence-electron chi connectivity index (χ4n) is 0.545. The van der Waals surface area contributed by atoms with Crippen molar-refractivity contribution in [2.75, 3.05) is 6.61 Å². The van der Waals surface area contributed by atoms with Gasteiger partial charge >= 0.3 is 5.97 Å². The number of terminal acetylenes is 1. The number of unbranched alkanes of at least 4 members (excludes halogenated alkanes) is 1. The Labute approximate surface area is 76.7 Å². The summed E-state index contributed by atoms with van der Waals surface area (Å²) in [5.41, 5.74) is 4.76. The molecule has 0 fully saturated rings. The van der Waals surface area contributed by atoms with E-state index in [4.69, 9.17) is 12.2 Å². The molecule has 0 heterocycles. The van der Waals surface area contributed by atoms with Gasteiger partial charge in [0, 0.05) is 18.6 Å². The minimum Gasteiger partial charge on any atom is -0.462 e. The molecular formula is C9H11NO3. The SMILES string of the molecule is C#CCCCOC(=O)C=CC(N)=O. The predicted octanol–water partition coefficient (Wildman–Crippen LogP) is -0.0155. The van der Waals surface area contributed by atoms with Crippen LogP contribution in [-0.2, 0) is 14.3 Å². The molecule has 0 rings (SSSR count). The Balaban J connectivity index is 3.53. The van der Waals surface area contributed by atoms with Gasteiger partial charge in [-0.05, 0) is 6.42 Å². The lowest BCUT2D eigenvalue weighted by Gasteiger charge is -1.97. The molecule has 0 radical (unpaired) electrons. The van der Waals surface area contributed by atoms with Crippen LogP contribution in [0.5, 0.6) is 0 Å². The van der Waals surface area contributed by atoms with E-state index in [0.717, 1.165) is 12.2 Å². The molecule has 13 heavy (non-hydrogen) atoms. The van der Waals surface area contributed by atoms with Gasteiger partial charge in [-0.1, -0.05) is 0 Å². The molecule has 0 bridgehead atoms. The zero-order valence-electron chi connectivity index (χ0n) is 7.16. The normalized spacial score (nSPS) is 9.46. The Bertz CT molecular complexity index is 250. The van der Waals surface area contributed by atoms with E-state index in [1.807, 2.05) is 0 Å². The van der Waals surface area contributed by atoms with Gasteiger partial charge in [0.25, 0.3) is 0 Å². The van der Waals surface area contributed by atoms with Crippen molar-refractivity contribution in [3.8, 4) is 12.3 Å². The third-order valence-electron chi connectivity index (χ3n) is 1.09. The van der Waals surface area contributed by atoms with Crippen LogP contribution < -0.4 is 5.73 Å². The molecular weight excluding hydrogens is 170 g/mol. The number of carbonyl (C=O) groups excluding carboxylic acids is 2. The monoisotopic (exact) mass is 181 g/mol. The maximum absolute atomic E-state index is 10.7. The van der Waals surface area contributed by atoms with E-state index in [0.29, 0.717) is 12.8 Å². The number of esters is 1. The third kappa shape index (κ3) is 8.14. The van der Waals surface area contributed by atoms with Crippen molar-refractivity contribution in [3.05, 3.63) is 12.2 Å². The van der Waals surface area contributed by atoms with Gasteiger partial charge in [0.2, 0.25) is 5.91 Å². The Morgan fingerprint density at radius 1 is 1.46 bits per heavy atom. The summed E-state index contributed by atoms with van der Waals surface area (Å²) < 4.78 is 4.67. The van der Waals surface area contributed by atoms with Gasteiger partial charge in [-0.25, -0.2) is 4.79 Å².